The Kier molecular flexibility index (Phi) is 3.77. The molecule has 0 atom stereocenters. The number of benzene rings is 1. The average Bonchev–Trinajstić information content (AvgIpc) is 2.20. The first-order valence-electron chi connectivity index (χ1n) is 3.64. The van der Waals surface area contributed by atoms with E-state index in [-0.39, 0.29) is 0 Å². The van der Waals surface area contributed by atoms with Gasteiger partial charge in [-0.2, -0.15) is 4.99 Å². The molecule has 1 aromatic rings. The first-order chi connectivity index (χ1) is 6.69. The van der Waals surface area contributed by atoms with Gasteiger partial charge in [0.05, 0.1) is 28.5 Å². The summed E-state index contributed by atoms with van der Waals surface area (Å²) in [6.45, 7) is 0. The number of aliphatic imine (C=N–C) groups is 1. The van der Waals surface area contributed by atoms with Crippen LogP contribution < -0.4 is 0 Å². The molecule has 0 aliphatic carbocycles. The molecule has 1 rings (SSSR count). The summed E-state index contributed by atoms with van der Waals surface area (Å²) < 4.78 is 4.53. The second-order valence-corrected chi connectivity index (χ2v) is 2.95. The maximum absolute atomic E-state index is 11.1. The summed E-state index contributed by atoms with van der Waals surface area (Å²) in [5, 5.41) is 2.53. The minimum Gasteiger partial charge on any atom is -0.465 e. The van der Waals surface area contributed by atoms with Crippen LogP contribution in [0.3, 0.4) is 0 Å². The van der Waals surface area contributed by atoms with Crippen LogP contribution >= 0.6 is 23.8 Å². The summed E-state index contributed by atoms with van der Waals surface area (Å²) in [5.41, 5.74) is 0.857. The van der Waals surface area contributed by atoms with Crippen molar-refractivity contribution in [2.24, 2.45) is 4.99 Å². The fourth-order valence-electron chi connectivity index (χ4n) is 0.892. The van der Waals surface area contributed by atoms with Crippen LogP contribution in [0.25, 0.3) is 0 Å². The zero-order valence-corrected chi connectivity index (χ0v) is 8.85. The van der Waals surface area contributed by atoms with E-state index in [0.717, 1.165) is 0 Å². The Bertz CT molecular complexity index is 413. The minimum atomic E-state index is -0.440. The second-order valence-electron chi connectivity index (χ2n) is 2.36. The maximum atomic E-state index is 11.1. The van der Waals surface area contributed by atoms with E-state index in [1.54, 1.807) is 12.1 Å². The lowest BCUT2D eigenvalue weighted by Crippen LogP contribution is -2.00. The molecule has 0 aliphatic rings. The number of isothiocyanates is 1. The molecule has 0 unspecified atom stereocenters. The van der Waals surface area contributed by atoms with Crippen LogP contribution in [-0.4, -0.2) is 18.2 Å². The molecule has 1 aromatic carbocycles. The molecule has 0 aromatic heterocycles. The standard InChI is InChI=1S/C9H6ClNO2S/c1-13-9(12)6-2-3-8(11-5-14)7(10)4-6/h2-4H,1H3. The van der Waals surface area contributed by atoms with Gasteiger partial charge >= 0.3 is 5.97 Å². The number of carbonyl (C=O) groups is 1. The van der Waals surface area contributed by atoms with E-state index in [4.69, 9.17) is 11.6 Å². The largest absolute Gasteiger partial charge is 0.465 e. The van der Waals surface area contributed by atoms with Crippen LogP contribution in [-0.2, 0) is 4.74 Å². The Morgan fingerprint density at radius 1 is 1.64 bits per heavy atom. The van der Waals surface area contributed by atoms with Gasteiger partial charge in [0.1, 0.15) is 0 Å². The lowest BCUT2D eigenvalue weighted by Gasteiger charge is -2.00. The summed E-state index contributed by atoms with van der Waals surface area (Å²) in [7, 11) is 1.30. The summed E-state index contributed by atoms with van der Waals surface area (Å²) in [4.78, 5) is 14.8. The highest BCUT2D eigenvalue weighted by molar-refractivity contribution is 7.78. The van der Waals surface area contributed by atoms with Crippen molar-refractivity contribution in [2.45, 2.75) is 0 Å². The van der Waals surface area contributed by atoms with Crippen molar-refractivity contribution in [3.63, 3.8) is 0 Å². The van der Waals surface area contributed by atoms with Crippen molar-refractivity contribution in [3.8, 4) is 0 Å². The molecule has 0 saturated carbocycles. The third-order valence-corrected chi connectivity index (χ3v) is 1.93. The normalized spacial score (nSPS) is 9.00. The van der Waals surface area contributed by atoms with Gasteiger partial charge in [-0.25, -0.2) is 4.79 Å². The maximum Gasteiger partial charge on any atom is 0.337 e. The van der Waals surface area contributed by atoms with Crippen molar-refractivity contribution >= 4 is 40.6 Å². The van der Waals surface area contributed by atoms with Gasteiger partial charge < -0.3 is 4.74 Å². The number of halogens is 1. The van der Waals surface area contributed by atoms with E-state index in [1.165, 1.54) is 13.2 Å². The van der Waals surface area contributed by atoms with Gasteiger partial charge in [-0.15, -0.1) is 0 Å². The molecule has 0 amide bonds. The zero-order chi connectivity index (χ0) is 10.6. The number of hydrogen-bond donors (Lipinski definition) is 0. The molecule has 72 valence electrons. The van der Waals surface area contributed by atoms with Gasteiger partial charge in [0.15, 0.2) is 0 Å². The molecular weight excluding hydrogens is 222 g/mol. The summed E-state index contributed by atoms with van der Waals surface area (Å²) >= 11 is 10.3. The summed E-state index contributed by atoms with van der Waals surface area (Å²) in [5.74, 6) is -0.440. The topological polar surface area (TPSA) is 38.7 Å². The first-order valence-corrected chi connectivity index (χ1v) is 4.43. The number of carbonyl (C=O) groups excluding carboxylic acids is 1. The van der Waals surface area contributed by atoms with Crippen molar-refractivity contribution in [3.05, 3.63) is 28.8 Å². The predicted octanol–water partition coefficient (Wildman–Crippen LogP) is 2.86. The number of esters is 1. The van der Waals surface area contributed by atoms with Crippen LogP contribution in [0.2, 0.25) is 5.02 Å². The highest BCUT2D eigenvalue weighted by Gasteiger charge is 2.07. The third kappa shape index (κ3) is 2.39. The fourth-order valence-corrected chi connectivity index (χ4v) is 1.21. The van der Waals surface area contributed by atoms with E-state index < -0.39 is 5.97 Å². The molecule has 3 nitrogen and oxygen atoms in total. The Labute approximate surface area is 91.4 Å². The van der Waals surface area contributed by atoms with E-state index in [0.29, 0.717) is 16.3 Å². The van der Waals surface area contributed by atoms with Crippen molar-refractivity contribution < 1.29 is 9.53 Å². The van der Waals surface area contributed by atoms with Crippen LogP contribution in [0.4, 0.5) is 5.69 Å². The smallest absolute Gasteiger partial charge is 0.337 e. The van der Waals surface area contributed by atoms with Crippen LogP contribution in [0.1, 0.15) is 10.4 Å². The monoisotopic (exact) mass is 227 g/mol. The number of thiocarbonyl (C=S) groups is 1. The van der Waals surface area contributed by atoms with Gasteiger partial charge in [-0.05, 0) is 30.4 Å². The van der Waals surface area contributed by atoms with Gasteiger partial charge in [0.25, 0.3) is 0 Å². The van der Waals surface area contributed by atoms with E-state index in [1.807, 2.05) is 0 Å². The zero-order valence-electron chi connectivity index (χ0n) is 7.28. The predicted molar refractivity (Wildman–Crippen MR) is 57.5 cm³/mol. The van der Waals surface area contributed by atoms with Gasteiger partial charge in [0.2, 0.25) is 0 Å². The third-order valence-electron chi connectivity index (χ3n) is 1.53. The van der Waals surface area contributed by atoms with E-state index in [2.05, 4.69) is 27.1 Å². The Balaban J connectivity index is 3.12. The molecule has 0 heterocycles. The first kappa shape index (κ1) is 10.9. The van der Waals surface area contributed by atoms with Crippen molar-refractivity contribution in [1.82, 2.24) is 0 Å². The highest BCUT2D eigenvalue weighted by Crippen LogP contribution is 2.25. The molecule has 5 heteroatoms. The second kappa shape index (κ2) is 4.86. The lowest BCUT2D eigenvalue weighted by molar-refractivity contribution is 0.0601. The van der Waals surface area contributed by atoms with Crippen LogP contribution in [0.5, 0.6) is 0 Å². The SMILES string of the molecule is COC(=O)c1ccc(N=C=S)c(Cl)c1. The molecular formula is C9H6ClNO2S. The fraction of sp³-hybridized carbons (Fsp3) is 0.111. The Morgan fingerprint density at radius 3 is 2.86 bits per heavy atom. The summed E-state index contributed by atoms with van der Waals surface area (Å²) in [6.07, 6.45) is 0. The summed E-state index contributed by atoms with van der Waals surface area (Å²) in [6, 6.07) is 4.61. The number of nitrogens with zero attached hydrogens (tertiary/aromatic N) is 1. The Morgan fingerprint density at radius 2 is 2.36 bits per heavy atom. The quantitative estimate of drug-likeness (QED) is 0.443. The number of rotatable bonds is 2. The number of methoxy groups -OCH3 is 1. The van der Waals surface area contributed by atoms with Crippen LogP contribution in [0, 0.1) is 0 Å². The molecule has 0 spiro atoms. The van der Waals surface area contributed by atoms with Crippen LogP contribution in [0.15, 0.2) is 23.2 Å². The van der Waals surface area contributed by atoms with Gasteiger partial charge in [-0.3, -0.25) is 0 Å². The molecule has 14 heavy (non-hydrogen) atoms. The number of ether oxygens (including phenoxy) is 1. The molecule has 0 saturated heterocycles. The van der Waals surface area contributed by atoms with Crippen molar-refractivity contribution in [2.75, 3.05) is 7.11 Å². The Hall–Kier alpha value is -1.22. The highest BCUT2D eigenvalue weighted by atomic mass is 35.5. The van der Waals surface area contributed by atoms with Gasteiger partial charge in [-0.1, -0.05) is 11.6 Å². The lowest BCUT2D eigenvalue weighted by atomic mass is 10.2. The molecule has 0 aliphatic heterocycles. The molecule has 0 fully saturated rings. The van der Waals surface area contributed by atoms with E-state index in [9.17, 15) is 4.79 Å². The minimum absolute atomic E-state index is 0.338. The average molecular weight is 228 g/mol. The van der Waals surface area contributed by atoms with Crippen molar-refractivity contribution in [1.29, 1.82) is 0 Å². The molecule has 0 radical (unpaired) electrons. The molecule has 0 N–H and O–H groups in total. The van der Waals surface area contributed by atoms with Gasteiger partial charge in [0, 0.05) is 0 Å². The van der Waals surface area contributed by atoms with E-state index >= 15 is 0 Å². The molecule has 0 bridgehead atoms. The number of hydrogen-bond acceptors (Lipinski definition) is 4.